The van der Waals surface area contributed by atoms with Crippen LogP contribution in [-0.2, 0) is 4.79 Å². The standard InChI is InChI=1S/C20H26N4OS2/c1-13(25)21-19-18(20-22-15-6-4-5-7-16(15)26-20)14-8-9-24(11-10-23(2)3)12-17(14)27-19/h4-7,18-19H,8-12H2,1-3H3,(H,21,25). The van der Waals surface area contributed by atoms with Gasteiger partial charge in [0, 0.05) is 38.0 Å². The van der Waals surface area contributed by atoms with Crippen molar-refractivity contribution >= 4 is 39.2 Å². The molecule has 0 saturated carbocycles. The van der Waals surface area contributed by atoms with Gasteiger partial charge in [-0.3, -0.25) is 9.69 Å². The molecule has 2 aromatic rings. The summed E-state index contributed by atoms with van der Waals surface area (Å²) in [6, 6.07) is 8.30. The molecule has 7 heteroatoms. The van der Waals surface area contributed by atoms with Crippen molar-refractivity contribution in [2.45, 2.75) is 24.6 Å². The topological polar surface area (TPSA) is 48.5 Å². The van der Waals surface area contributed by atoms with Crippen LogP contribution in [0, 0.1) is 0 Å². The van der Waals surface area contributed by atoms with Crippen molar-refractivity contribution in [3.05, 3.63) is 39.8 Å². The molecule has 0 saturated heterocycles. The molecule has 2 unspecified atom stereocenters. The van der Waals surface area contributed by atoms with E-state index in [1.54, 1.807) is 18.3 Å². The second-order valence-corrected chi connectivity index (χ2v) is 9.81. The first-order chi connectivity index (χ1) is 13.0. The Labute approximate surface area is 168 Å². The van der Waals surface area contributed by atoms with Crippen molar-refractivity contribution in [2.75, 3.05) is 40.3 Å². The number of likely N-dealkylation sites (N-methyl/N-ethyl adjacent to an activating group) is 1. The normalized spacial score (nSPS) is 23.3. The van der Waals surface area contributed by atoms with Gasteiger partial charge in [0.15, 0.2) is 0 Å². The van der Waals surface area contributed by atoms with Crippen LogP contribution in [0.5, 0.6) is 0 Å². The first kappa shape index (κ1) is 18.9. The first-order valence-corrected chi connectivity index (χ1v) is 11.1. The van der Waals surface area contributed by atoms with Crippen molar-refractivity contribution in [3.8, 4) is 0 Å². The van der Waals surface area contributed by atoms with E-state index in [4.69, 9.17) is 4.98 Å². The summed E-state index contributed by atoms with van der Waals surface area (Å²) in [6.07, 6.45) is 1.06. The second kappa shape index (κ2) is 7.91. The zero-order valence-electron chi connectivity index (χ0n) is 16.1. The Kier molecular flexibility index (Phi) is 5.55. The fraction of sp³-hybridized carbons (Fsp3) is 0.500. The van der Waals surface area contributed by atoms with E-state index in [1.165, 1.54) is 15.2 Å². The molecule has 144 valence electrons. The van der Waals surface area contributed by atoms with Gasteiger partial charge >= 0.3 is 0 Å². The molecule has 0 radical (unpaired) electrons. The lowest BCUT2D eigenvalue weighted by molar-refractivity contribution is -0.119. The van der Waals surface area contributed by atoms with Gasteiger partial charge in [-0.05, 0) is 38.2 Å². The SMILES string of the molecule is CC(=O)NC1SC2=C(CCN(CCN(C)C)C2)C1c1nc2ccccc2s1. The Morgan fingerprint density at radius 2 is 2.19 bits per heavy atom. The maximum absolute atomic E-state index is 11.8. The number of nitrogens with one attached hydrogen (secondary N) is 1. The Morgan fingerprint density at radius 1 is 1.37 bits per heavy atom. The Balaban J connectivity index is 1.61. The van der Waals surface area contributed by atoms with E-state index in [0.717, 1.165) is 43.1 Å². The molecule has 2 aliphatic rings. The van der Waals surface area contributed by atoms with Crippen LogP contribution in [0.15, 0.2) is 34.7 Å². The number of hydrogen-bond donors (Lipinski definition) is 1. The smallest absolute Gasteiger partial charge is 0.217 e. The van der Waals surface area contributed by atoms with Gasteiger partial charge in [-0.15, -0.1) is 23.1 Å². The molecule has 0 bridgehead atoms. The van der Waals surface area contributed by atoms with E-state index in [9.17, 15) is 4.79 Å². The van der Waals surface area contributed by atoms with E-state index in [-0.39, 0.29) is 17.2 Å². The number of fused-ring (bicyclic) bond motifs is 1. The number of benzene rings is 1. The molecule has 4 rings (SSSR count). The molecule has 0 aliphatic carbocycles. The van der Waals surface area contributed by atoms with E-state index in [0.29, 0.717) is 0 Å². The van der Waals surface area contributed by atoms with Gasteiger partial charge in [0.25, 0.3) is 0 Å². The average Bonchev–Trinajstić information content (AvgIpc) is 3.18. The van der Waals surface area contributed by atoms with Crippen molar-refractivity contribution in [1.29, 1.82) is 0 Å². The monoisotopic (exact) mass is 402 g/mol. The molecule has 0 spiro atoms. The third kappa shape index (κ3) is 4.06. The molecule has 1 aromatic heterocycles. The van der Waals surface area contributed by atoms with Gasteiger partial charge in [0.1, 0.15) is 5.01 Å². The van der Waals surface area contributed by atoms with Crippen LogP contribution in [0.1, 0.15) is 24.3 Å². The van der Waals surface area contributed by atoms with Gasteiger partial charge < -0.3 is 10.2 Å². The third-order valence-corrected chi connectivity index (χ3v) is 7.59. The first-order valence-electron chi connectivity index (χ1n) is 9.39. The van der Waals surface area contributed by atoms with Gasteiger partial charge in [0.2, 0.25) is 5.91 Å². The summed E-state index contributed by atoms with van der Waals surface area (Å²) in [6.45, 7) is 5.84. The average molecular weight is 403 g/mol. The lowest BCUT2D eigenvalue weighted by Crippen LogP contribution is -2.36. The van der Waals surface area contributed by atoms with Crippen LogP contribution in [0.25, 0.3) is 10.2 Å². The van der Waals surface area contributed by atoms with E-state index >= 15 is 0 Å². The summed E-state index contributed by atoms with van der Waals surface area (Å²) in [5.41, 5.74) is 2.54. The number of thiazole rings is 1. The maximum Gasteiger partial charge on any atom is 0.217 e. The quantitative estimate of drug-likeness (QED) is 0.833. The van der Waals surface area contributed by atoms with Gasteiger partial charge in [-0.1, -0.05) is 12.1 Å². The van der Waals surface area contributed by atoms with E-state index in [2.05, 4.69) is 47.4 Å². The van der Waals surface area contributed by atoms with Crippen LogP contribution in [0.3, 0.4) is 0 Å². The molecule has 1 amide bonds. The molecule has 1 aromatic carbocycles. The summed E-state index contributed by atoms with van der Waals surface area (Å²) in [5.74, 6) is 0.227. The number of aromatic nitrogens is 1. The zero-order valence-corrected chi connectivity index (χ0v) is 17.7. The van der Waals surface area contributed by atoms with Gasteiger partial charge in [0.05, 0.1) is 21.5 Å². The second-order valence-electron chi connectivity index (χ2n) is 7.51. The zero-order chi connectivity index (χ0) is 19.0. The van der Waals surface area contributed by atoms with Crippen LogP contribution in [-0.4, -0.2) is 66.3 Å². The van der Waals surface area contributed by atoms with Gasteiger partial charge in [-0.2, -0.15) is 0 Å². The fourth-order valence-corrected chi connectivity index (χ4v) is 6.62. The number of rotatable bonds is 5. The number of carbonyl (C=O) groups excluding carboxylic acids is 1. The largest absolute Gasteiger partial charge is 0.343 e. The summed E-state index contributed by atoms with van der Waals surface area (Å²) >= 11 is 3.60. The molecule has 0 fully saturated rings. The molecule has 1 N–H and O–H groups in total. The molecular weight excluding hydrogens is 376 g/mol. The number of nitrogens with zero attached hydrogens (tertiary/aromatic N) is 3. The minimum Gasteiger partial charge on any atom is -0.343 e. The third-order valence-electron chi connectivity index (χ3n) is 5.16. The van der Waals surface area contributed by atoms with Crippen LogP contribution in [0.2, 0.25) is 0 Å². The predicted octanol–water partition coefficient (Wildman–Crippen LogP) is 3.11. The Bertz CT molecular complexity index is 843. The number of carbonyl (C=O) groups is 1. The van der Waals surface area contributed by atoms with E-state index < -0.39 is 0 Å². The molecule has 27 heavy (non-hydrogen) atoms. The van der Waals surface area contributed by atoms with Crippen molar-refractivity contribution in [3.63, 3.8) is 0 Å². The molecule has 2 atom stereocenters. The van der Waals surface area contributed by atoms with Crippen molar-refractivity contribution < 1.29 is 4.79 Å². The van der Waals surface area contributed by atoms with Crippen molar-refractivity contribution in [2.24, 2.45) is 0 Å². The highest BCUT2D eigenvalue weighted by Gasteiger charge is 2.40. The number of thioether (sulfide) groups is 1. The summed E-state index contributed by atoms with van der Waals surface area (Å²) in [4.78, 5) is 22.9. The molecule has 2 aliphatic heterocycles. The van der Waals surface area contributed by atoms with E-state index in [1.807, 2.05) is 17.8 Å². The summed E-state index contributed by atoms with van der Waals surface area (Å²) in [7, 11) is 4.24. The lowest BCUT2D eigenvalue weighted by atomic mass is 9.93. The fourth-order valence-electron chi connectivity index (χ4n) is 3.79. The van der Waals surface area contributed by atoms with Crippen LogP contribution >= 0.6 is 23.1 Å². The summed E-state index contributed by atoms with van der Waals surface area (Å²) in [5, 5.41) is 4.37. The summed E-state index contributed by atoms with van der Waals surface area (Å²) < 4.78 is 1.22. The molecule has 5 nitrogen and oxygen atoms in total. The van der Waals surface area contributed by atoms with Crippen LogP contribution in [0.4, 0.5) is 0 Å². The van der Waals surface area contributed by atoms with Crippen LogP contribution < -0.4 is 5.32 Å². The highest BCUT2D eigenvalue weighted by molar-refractivity contribution is 8.04. The minimum absolute atomic E-state index is 0.0305. The predicted molar refractivity (Wildman–Crippen MR) is 114 cm³/mol. The number of amides is 1. The van der Waals surface area contributed by atoms with Crippen molar-refractivity contribution in [1.82, 2.24) is 20.1 Å². The highest BCUT2D eigenvalue weighted by Crippen LogP contribution is 2.50. The number of hydrogen-bond acceptors (Lipinski definition) is 6. The van der Waals surface area contributed by atoms with Gasteiger partial charge in [-0.25, -0.2) is 4.98 Å². The Morgan fingerprint density at radius 3 is 2.93 bits per heavy atom. The minimum atomic E-state index is 0.0305. The molecular formula is C20H26N4OS2. The lowest BCUT2D eigenvalue weighted by Gasteiger charge is -2.29. The molecule has 3 heterocycles. The Hall–Kier alpha value is -1.41. The number of para-hydroxylation sites is 1. The maximum atomic E-state index is 11.8. The highest BCUT2D eigenvalue weighted by atomic mass is 32.2.